The Balaban J connectivity index is 2.32. The Labute approximate surface area is 119 Å². The maximum absolute atomic E-state index is 13.1. The van der Waals surface area contributed by atoms with E-state index in [4.69, 9.17) is 5.73 Å². The zero-order chi connectivity index (χ0) is 15.6. The van der Waals surface area contributed by atoms with Gasteiger partial charge in [0.25, 0.3) is 10.0 Å². The fraction of sp³-hybridized carbons (Fsp3) is 0.0769. The van der Waals surface area contributed by atoms with Gasteiger partial charge in [0.1, 0.15) is 0 Å². The quantitative estimate of drug-likeness (QED) is 0.851. The van der Waals surface area contributed by atoms with Crippen molar-refractivity contribution in [2.45, 2.75) is 11.4 Å². The van der Waals surface area contributed by atoms with Crippen LogP contribution in [0.25, 0.3) is 0 Å². The molecule has 0 aliphatic rings. The highest BCUT2D eigenvalue weighted by Gasteiger charge is 2.17. The van der Waals surface area contributed by atoms with Crippen LogP contribution in [0.15, 0.2) is 41.3 Å². The standard InChI is InChI=1S/C13H11F3N2O2S/c14-11-5-9(6-12(15)13(11)16)18-21(19,20)10-3-1-8(7-17)2-4-10/h1-6,18H,7,17H2. The highest BCUT2D eigenvalue weighted by atomic mass is 32.2. The fourth-order valence-electron chi connectivity index (χ4n) is 1.63. The van der Waals surface area contributed by atoms with E-state index >= 15 is 0 Å². The Morgan fingerprint density at radius 1 is 1.00 bits per heavy atom. The average molecular weight is 316 g/mol. The van der Waals surface area contributed by atoms with Gasteiger partial charge in [0, 0.05) is 18.7 Å². The predicted molar refractivity (Wildman–Crippen MR) is 71.5 cm³/mol. The van der Waals surface area contributed by atoms with Crippen LogP contribution in [0.5, 0.6) is 0 Å². The number of hydrogen-bond donors (Lipinski definition) is 2. The van der Waals surface area contributed by atoms with Crippen molar-refractivity contribution in [1.29, 1.82) is 0 Å². The van der Waals surface area contributed by atoms with Crippen LogP contribution in [0, 0.1) is 17.5 Å². The number of hydrogen-bond acceptors (Lipinski definition) is 3. The molecule has 0 aliphatic carbocycles. The van der Waals surface area contributed by atoms with Gasteiger partial charge in [-0.25, -0.2) is 21.6 Å². The zero-order valence-electron chi connectivity index (χ0n) is 10.6. The van der Waals surface area contributed by atoms with Gasteiger partial charge >= 0.3 is 0 Å². The topological polar surface area (TPSA) is 72.2 Å². The van der Waals surface area contributed by atoms with Crippen molar-refractivity contribution in [1.82, 2.24) is 0 Å². The van der Waals surface area contributed by atoms with Gasteiger partial charge in [0.2, 0.25) is 0 Å². The predicted octanol–water partition coefficient (Wildman–Crippen LogP) is 2.36. The summed E-state index contributed by atoms with van der Waals surface area (Å²) in [6, 6.07) is 6.76. The van der Waals surface area contributed by atoms with Crippen molar-refractivity contribution in [3.8, 4) is 0 Å². The summed E-state index contributed by atoms with van der Waals surface area (Å²) < 4.78 is 64.9. The first-order chi connectivity index (χ1) is 9.83. The Morgan fingerprint density at radius 3 is 2.00 bits per heavy atom. The van der Waals surface area contributed by atoms with E-state index in [-0.39, 0.29) is 11.4 Å². The number of sulfonamides is 1. The fourth-order valence-corrected chi connectivity index (χ4v) is 2.67. The summed E-state index contributed by atoms with van der Waals surface area (Å²) in [4.78, 5) is -0.107. The minimum absolute atomic E-state index is 0.107. The molecular formula is C13H11F3N2O2S. The van der Waals surface area contributed by atoms with Gasteiger partial charge in [-0.1, -0.05) is 12.1 Å². The smallest absolute Gasteiger partial charge is 0.261 e. The lowest BCUT2D eigenvalue weighted by molar-refractivity contribution is 0.448. The Kier molecular flexibility index (Phi) is 4.19. The molecule has 0 heterocycles. The first-order valence-electron chi connectivity index (χ1n) is 5.80. The molecule has 0 spiro atoms. The molecule has 2 rings (SSSR count). The molecule has 112 valence electrons. The van der Waals surface area contributed by atoms with Gasteiger partial charge in [0.15, 0.2) is 17.5 Å². The molecule has 2 aromatic rings. The Morgan fingerprint density at radius 2 is 1.52 bits per heavy atom. The summed E-state index contributed by atoms with van der Waals surface area (Å²) >= 11 is 0. The minimum Gasteiger partial charge on any atom is -0.326 e. The second-order valence-electron chi connectivity index (χ2n) is 4.21. The van der Waals surface area contributed by atoms with Crippen molar-refractivity contribution in [3.05, 3.63) is 59.4 Å². The van der Waals surface area contributed by atoms with Crippen molar-refractivity contribution in [3.63, 3.8) is 0 Å². The van der Waals surface area contributed by atoms with E-state index in [0.717, 1.165) is 5.56 Å². The van der Waals surface area contributed by atoms with Crippen LogP contribution < -0.4 is 10.5 Å². The van der Waals surface area contributed by atoms with Crippen molar-refractivity contribution >= 4 is 15.7 Å². The molecule has 0 atom stereocenters. The third kappa shape index (κ3) is 3.34. The number of nitrogens with two attached hydrogens (primary N) is 1. The van der Waals surface area contributed by atoms with E-state index in [1.807, 2.05) is 4.72 Å². The van der Waals surface area contributed by atoms with Crippen LogP contribution in [0.1, 0.15) is 5.56 Å². The van der Waals surface area contributed by atoms with Crippen LogP contribution in [-0.2, 0) is 16.6 Å². The summed E-state index contributed by atoms with van der Waals surface area (Å²) in [5.74, 6) is -4.62. The molecule has 0 amide bonds. The van der Waals surface area contributed by atoms with Crippen LogP contribution in [0.2, 0.25) is 0 Å². The molecule has 0 saturated heterocycles. The van der Waals surface area contributed by atoms with Crippen molar-refractivity contribution < 1.29 is 21.6 Å². The number of benzene rings is 2. The van der Waals surface area contributed by atoms with Crippen LogP contribution in [0.4, 0.5) is 18.9 Å². The summed E-state index contributed by atoms with van der Waals surface area (Å²) in [7, 11) is -4.03. The molecule has 0 bridgehead atoms. The molecule has 4 nitrogen and oxygen atoms in total. The summed E-state index contributed by atoms with van der Waals surface area (Å²) in [6.45, 7) is 0.252. The summed E-state index contributed by atoms with van der Waals surface area (Å²) in [6.07, 6.45) is 0. The van der Waals surface area contributed by atoms with E-state index in [9.17, 15) is 21.6 Å². The number of anilines is 1. The largest absolute Gasteiger partial charge is 0.326 e. The molecular weight excluding hydrogens is 305 g/mol. The Hall–Kier alpha value is -2.06. The molecule has 0 unspecified atom stereocenters. The van der Waals surface area contributed by atoms with Crippen molar-refractivity contribution in [2.75, 3.05) is 4.72 Å². The minimum atomic E-state index is -4.03. The lowest BCUT2D eigenvalue weighted by Gasteiger charge is -2.09. The molecule has 0 aromatic heterocycles. The SMILES string of the molecule is NCc1ccc(S(=O)(=O)Nc2cc(F)c(F)c(F)c2)cc1. The summed E-state index contributed by atoms with van der Waals surface area (Å²) in [5, 5.41) is 0. The van der Waals surface area contributed by atoms with E-state index in [1.165, 1.54) is 24.3 Å². The highest BCUT2D eigenvalue weighted by Crippen LogP contribution is 2.21. The molecule has 21 heavy (non-hydrogen) atoms. The van der Waals surface area contributed by atoms with Crippen LogP contribution >= 0.6 is 0 Å². The van der Waals surface area contributed by atoms with Gasteiger partial charge in [-0.05, 0) is 17.7 Å². The second-order valence-corrected chi connectivity index (χ2v) is 5.89. The highest BCUT2D eigenvalue weighted by molar-refractivity contribution is 7.92. The molecule has 0 fully saturated rings. The first-order valence-corrected chi connectivity index (χ1v) is 7.28. The second kappa shape index (κ2) is 5.74. The van der Waals surface area contributed by atoms with Gasteiger partial charge in [0.05, 0.1) is 10.6 Å². The maximum Gasteiger partial charge on any atom is 0.261 e. The molecule has 0 aliphatic heterocycles. The van der Waals surface area contributed by atoms with E-state index in [0.29, 0.717) is 12.1 Å². The van der Waals surface area contributed by atoms with E-state index < -0.39 is 33.2 Å². The first kappa shape index (κ1) is 15.3. The van der Waals surface area contributed by atoms with E-state index in [1.54, 1.807) is 0 Å². The third-order valence-corrected chi connectivity index (χ3v) is 4.10. The van der Waals surface area contributed by atoms with Crippen molar-refractivity contribution in [2.24, 2.45) is 5.73 Å². The third-order valence-electron chi connectivity index (χ3n) is 2.71. The lowest BCUT2D eigenvalue weighted by atomic mass is 10.2. The molecule has 3 N–H and O–H groups in total. The average Bonchev–Trinajstić information content (AvgIpc) is 2.44. The van der Waals surface area contributed by atoms with Gasteiger partial charge < -0.3 is 5.73 Å². The number of nitrogens with one attached hydrogen (secondary N) is 1. The zero-order valence-corrected chi connectivity index (χ0v) is 11.4. The van der Waals surface area contributed by atoms with Gasteiger partial charge in [-0.15, -0.1) is 0 Å². The molecule has 8 heteroatoms. The Bertz CT molecular complexity index is 738. The molecule has 2 aromatic carbocycles. The van der Waals surface area contributed by atoms with Gasteiger partial charge in [-0.2, -0.15) is 0 Å². The molecule has 0 radical (unpaired) electrons. The lowest BCUT2D eigenvalue weighted by Crippen LogP contribution is -2.13. The number of halogens is 3. The van der Waals surface area contributed by atoms with Crippen LogP contribution in [-0.4, -0.2) is 8.42 Å². The van der Waals surface area contributed by atoms with Gasteiger partial charge in [-0.3, -0.25) is 4.72 Å². The van der Waals surface area contributed by atoms with E-state index in [2.05, 4.69) is 0 Å². The monoisotopic (exact) mass is 316 g/mol. The number of rotatable bonds is 4. The normalized spacial score (nSPS) is 11.4. The maximum atomic E-state index is 13.1. The molecule has 0 saturated carbocycles. The van der Waals surface area contributed by atoms with Crippen LogP contribution in [0.3, 0.4) is 0 Å². The summed E-state index contributed by atoms with van der Waals surface area (Å²) in [5.41, 5.74) is 5.72.